The van der Waals surface area contributed by atoms with Crippen molar-refractivity contribution in [3.05, 3.63) is 41.3 Å². The summed E-state index contributed by atoms with van der Waals surface area (Å²) >= 11 is 3.31. The molecule has 2 N–H and O–H groups in total. The molecule has 0 aliphatic heterocycles. The maximum absolute atomic E-state index is 9.12. The third-order valence-corrected chi connectivity index (χ3v) is 2.54. The van der Waals surface area contributed by atoms with Crippen LogP contribution in [0, 0.1) is 0 Å². The van der Waals surface area contributed by atoms with E-state index in [1.165, 1.54) is 0 Å². The van der Waals surface area contributed by atoms with E-state index in [1.54, 1.807) is 30.7 Å². The van der Waals surface area contributed by atoms with Crippen molar-refractivity contribution < 1.29 is 10.0 Å². The molecule has 0 saturated heterocycles. The summed E-state index contributed by atoms with van der Waals surface area (Å²) in [6.07, 6.45) is 4.80. The first-order chi connectivity index (χ1) is 7.66. The molecule has 0 amide bonds. The van der Waals surface area contributed by atoms with Crippen molar-refractivity contribution in [1.29, 1.82) is 0 Å². The van der Waals surface area contributed by atoms with Crippen molar-refractivity contribution in [1.82, 2.24) is 9.97 Å². The quantitative estimate of drug-likeness (QED) is 0.789. The second-order valence-corrected chi connectivity index (χ2v) is 4.15. The molecule has 0 aliphatic rings. The third kappa shape index (κ3) is 2.47. The highest BCUT2D eigenvalue weighted by atomic mass is 79.9. The molecular weight excluding hydrogens is 271 g/mol. The monoisotopic (exact) mass is 278 g/mol. The molecule has 4 nitrogen and oxygen atoms in total. The van der Waals surface area contributed by atoms with Crippen LogP contribution in [-0.2, 0) is 0 Å². The van der Waals surface area contributed by atoms with Gasteiger partial charge in [0.25, 0.3) is 0 Å². The van der Waals surface area contributed by atoms with E-state index in [9.17, 15) is 0 Å². The van der Waals surface area contributed by atoms with Crippen molar-refractivity contribution in [2.75, 3.05) is 0 Å². The SMILES string of the molecule is OB(O)c1cc(Br)cc(-c2cnccn2)c1. The molecule has 6 heteroatoms. The standard InChI is InChI=1S/C10H8BBrN2O2/c12-9-4-7(3-8(5-9)11(15)16)10-6-13-1-2-14-10/h1-6,15-16H. The van der Waals surface area contributed by atoms with Gasteiger partial charge in [0.2, 0.25) is 0 Å². The van der Waals surface area contributed by atoms with Gasteiger partial charge in [-0.25, -0.2) is 0 Å². The lowest BCUT2D eigenvalue weighted by Gasteiger charge is -2.05. The Morgan fingerprint density at radius 1 is 1.12 bits per heavy atom. The van der Waals surface area contributed by atoms with E-state index in [2.05, 4.69) is 25.9 Å². The molecule has 0 aliphatic carbocycles. The molecule has 0 bridgehead atoms. The van der Waals surface area contributed by atoms with Crippen molar-refractivity contribution in [3.8, 4) is 11.3 Å². The Morgan fingerprint density at radius 2 is 1.94 bits per heavy atom. The van der Waals surface area contributed by atoms with E-state index in [1.807, 2.05) is 6.07 Å². The molecule has 1 aromatic carbocycles. The lowest BCUT2D eigenvalue weighted by molar-refractivity contribution is 0.426. The average molecular weight is 279 g/mol. The summed E-state index contributed by atoms with van der Waals surface area (Å²) < 4.78 is 0.763. The largest absolute Gasteiger partial charge is 0.488 e. The van der Waals surface area contributed by atoms with Gasteiger partial charge in [0, 0.05) is 22.4 Å². The molecule has 0 unspecified atom stereocenters. The van der Waals surface area contributed by atoms with Gasteiger partial charge in [0.1, 0.15) is 0 Å². The van der Waals surface area contributed by atoms with Crippen LogP contribution in [0.15, 0.2) is 41.3 Å². The van der Waals surface area contributed by atoms with E-state index in [0.717, 1.165) is 10.0 Å². The van der Waals surface area contributed by atoms with E-state index in [4.69, 9.17) is 10.0 Å². The van der Waals surface area contributed by atoms with Gasteiger partial charge in [0.15, 0.2) is 0 Å². The molecule has 2 aromatic rings. The highest BCUT2D eigenvalue weighted by molar-refractivity contribution is 9.10. The van der Waals surface area contributed by atoms with Crippen molar-refractivity contribution in [2.24, 2.45) is 0 Å². The second-order valence-electron chi connectivity index (χ2n) is 3.24. The van der Waals surface area contributed by atoms with Crippen LogP contribution in [0.3, 0.4) is 0 Å². The van der Waals surface area contributed by atoms with Crippen LogP contribution >= 0.6 is 15.9 Å². The van der Waals surface area contributed by atoms with Gasteiger partial charge in [-0.2, -0.15) is 0 Å². The number of benzene rings is 1. The van der Waals surface area contributed by atoms with Crippen LogP contribution in [0.5, 0.6) is 0 Å². The summed E-state index contributed by atoms with van der Waals surface area (Å²) in [6, 6.07) is 5.15. The number of hydrogen-bond donors (Lipinski definition) is 2. The predicted molar refractivity (Wildman–Crippen MR) is 65.0 cm³/mol. The number of hydrogen-bond acceptors (Lipinski definition) is 4. The normalized spacial score (nSPS) is 10.2. The maximum Gasteiger partial charge on any atom is 0.488 e. The van der Waals surface area contributed by atoms with Crippen LogP contribution in [-0.4, -0.2) is 27.1 Å². The van der Waals surface area contributed by atoms with Gasteiger partial charge in [-0.15, -0.1) is 0 Å². The summed E-state index contributed by atoms with van der Waals surface area (Å²) in [5.41, 5.74) is 1.88. The molecule has 16 heavy (non-hydrogen) atoms. The lowest BCUT2D eigenvalue weighted by Crippen LogP contribution is -2.29. The van der Waals surface area contributed by atoms with Crippen molar-refractivity contribution in [3.63, 3.8) is 0 Å². The molecule has 0 saturated carbocycles. The van der Waals surface area contributed by atoms with Crippen LogP contribution in [0.2, 0.25) is 0 Å². The topological polar surface area (TPSA) is 66.2 Å². The minimum atomic E-state index is -1.49. The van der Waals surface area contributed by atoms with E-state index in [0.29, 0.717) is 11.2 Å². The molecule has 80 valence electrons. The van der Waals surface area contributed by atoms with E-state index >= 15 is 0 Å². The molecule has 0 radical (unpaired) electrons. The molecule has 2 rings (SSSR count). The zero-order valence-corrected chi connectivity index (χ0v) is 9.79. The van der Waals surface area contributed by atoms with Gasteiger partial charge in [-0.05, 0) is 17.6 Å². The fourth-order valence-corrected chi connectivity index (χ4v) is 1.87. The molecule has 0 fully saturated rings. The Balaban J connectivity index is 2.50. The number of aromatic nitrogens is 2. The first-order valence-electron chi connectivity index (χ1n) is 4.60. The highest BCUT2D eigenvalue weighted by Crippen LogP contribution is 2.19. The van der Waals surface area contributed by atoms with E-state index in [-0.39, 0.29) is 0 Å². The van der Waals surface area contributed by atoms with Gasteiger partial charge in [-0.1, -0.05) is 22.0 Å². The second kappa shape index (κ2) is 4.73. The molecule has 1 heterocycles. The molecule has 1 aromatic heterocycles. The summed E-state index contributed by atoms with van der Waals surface area (Å²) in [5, 5.41) is 18.2. The number of rotatable bonds is 2. The van der Waals surface area contributed by atoms with Gasteiger partial charge >= 0.3 is 7.12 Å². The summed E-state index contributed by atoms with van der Waals surface area (Å²) in [5.74, 6) is 0. The maximum atomic E-state index is 9.12. The van der Waals surface area contributed by atoms with Gasteiger partial charge in [-0.3, -0.25) is 9.97 Å². The summed E-state index contributed by atoms with van der Waals surface area (Å²) in [4.78, 5) is 8.11. The van der Waals surface area contributed by atoms with Crippen LogP contribution in [0.4, 0.5) is 0 Å². The van der Waals surface area contributed by atoms with Crippen molar-refractivity contribution >= 4 is 28.5 Å². The summed E-state index contributed by atoms with van der Waals surface area (Å²) in [7, 11) is -1.49. The minimum Gasteiger partial charge on any atom is -0.423 e. The number of nitrogens with zero attached hydrogens (tertiary/aromatic N) is 2. The Labute approximate surface area is 101 Å². The first kappa shape index (κ1) is 11.3. The first-order valence-corrected chi connectivity index (χ1v) is 5.39. The Kier molecular flexibility index (Phi) is 3.33. The minimum absolute atomic E-state index is 0.412. The highest BCUT2D eigenvalue weighted by Gasteiger charge is 2.13. The van der Waals surface area contributed by atoms with Crippen LogP contribution < -0.4 is 5.46 Å². The average Bonchev–Trinajstić information content (AvgIpc) is 2.29. The van der Waals surface area contributed by atoms with Crippen LogP contribution in [0.1, 0.15) is 0 Å². The Morgan fingerprint density at radius 3 is 2.56 bits per heavy atom. The lowest BCUT2D eigenvalue weighted by atomic mass is 9.79. The van der Waals surface area contributed by atoms with Gasteiger partial charge < -0.3 is 10.0 Å². The van der Waals surface area contributed by atoms with Gasteiger partial charge in [0.05, 0.1) is 11.9 Å². The molecule has 0 atom stereocenters. The number of halogens is 1. The zero-order valence-electron chi connectivity index (χ0n) is 8.21. The fraction of sp³-hybridized carbons (Fsp3) is 0. The zero-order chi connectivity index (χ0) is 11.5. The van der Waals surface area contributed by atoms with E-state index < -0.39 is 7.12 Å². The summed E-state index contributed by atoms with van der Waals surface area (Å²) in [6.45, 7) is 0. The molecular formula is C10H8BBrN2O2. The predicted octanol–water partition coefficient (Wildman–Crippen LogP) is 0.586. The Hall–Kier alpha value is -1.24. The Bertz CT molecular complexity index is 493. The molecule has 0 spiro atoms. The smallest absolute Gasteiger partial charge is 0.423 e. The van der Waals surface area contributed by atoms with Crippen LogP contribution in [0.25, 0.3) is 11.3 Å². The van der Waals surface area contributed by atoms with Crippen molar-refractivity contribution in [2.45, 2.75) is 0 Å². The third-order valence-electron chi connectivity index (χ3n) is 2.08. The fourth-order valence-electron chi connectivity index (χ4n) is 1.36.